The molecule has 0 spiro atoms. The molecule has 2 aromatic carbocycles. The Morgan fingerprint density at radius 2 is 1.62 bits per heavy atom. The van der Waals surface area contributed by atoms with Gasteiger partial charge >= 0.3 is 12.1 Å². The molecule has 0 aromatic heterocycles. The van der Waals surface area contributed by atoms with E-state index in [0.717, 1.165) is 16.9 Å². The Balaban J connectivity index is 2.00. The number of methoxy groups -OCH3 is 1. The van der Waals surface area contributed by atoms with Crippen LogP contribution < -0.4 is 10.1 Å². The molecule has 0 fully saturated rings. The van der Waals surface area contributed by atoms with Crippen molar-refractivity contribution in [2.45, 2.75) is 51.9 Å². The first kappa shape index (κ1) is 22.3. The van der Waals surface area contributed by atoms with Crippen molar-refractivity contribution in [1.29, 1.82) is 0 Å². The highest BCUT2D eigenvalue weighted by Crippen LogP contribution is 2.15. The lowest BCUT2D eigenvalue weighted by Crippen LogP contribution is -2.44. The van der Waals surface area contributed by atoms with E-state index in [1.807, 2.05) is 54.6 Å². The predicted octanol–water partition coefficient (Wildman–Crippen LogP) is 4.26. The average Bonchev–Trinajstić information content (AvgIpc) is 2.69. The molecule has 29 heavy (non-hydrogen) atoms. The van der Waals surface area contributed by atoms with Crippen molar-refractivity contribution < 1.29 is 23.8 Å². The molecule has 0 bridgehead atoms. The molecule has 0 unspecified atom stereocenters. The number of carbonyl (C=O) groups is 2. The van der Waals surface area contributed by atoms with Gasteiger partial charge in [0.2, 0.25) is 0 Å². The standard InChI is InChI=1S/C23H29NO5/c1-23(2,3)29-22(26)24-20(15-12-17-10-13-19(27-4)14-11-17)21(25)28-16-18-8-6-5-7-9-18/h5-11,13-14,20H,12,15-16H2,1-4H3,(H,24,26)/t20-/m0/s1. The molecule has 0 saturated carbocycles. The van der Waals surface area contributed by atoms with Gasteiger partial charge in [-0.05, 0) is 56.9 Å². The second-order valence-corrected chi connectivity index (χ2v) is 7.68. The predicted molar refractivity (Wildman–Crippen MR) is 111 cm³/mol. The largest absolute Gasteiger partial charge is 0.497 e. The van der Waals surface area contributed by atoms with Crippen LogP contribution in [0.1, 0.15) is 38.3 Å². The lowest BCUT2D eigenvalue weighted by Gasteiger charge is -2.23. The summed E-state index contributed by atoms with van der Waals surface area (Å²) < 4.78 is 15.9. The van der Waals surface area contributed by atoms with E-state index >= 15 is 0 Å². The van der Waals surface area contributed by atoms with Gasteiger partial charge in [0.05, 0.1) is 7.11 Å². The smallest absolute Gasteiger partial charge is 0.408 e. The summed E-state index contributed by atoms with van der Waals surface area (Å²) in [6.07, 6.45) is 0.332. The normalized spacial score (nSPS) is 12.0. The van der Waals surface area contributed by atoms with Crippen LogP contribution in [0.25, 0.3) is 0 Å². The summed E-state index contributed by atoms with van der Waals surface area (Å²) in [5.74, 6) is 0.271. The maximum Gasteiger partial charge on any atom is 0.408 e. The second kappa shape index (κ2) is 10.5. The Labute approximate surface area is 172 Å². The molecular weight excluding hydrogens is 370 g/mol. The minimum atomic E-state index is -0.810. The maximum atomic E-state index is 12.6. The van der Waals surface area contributed by atoms with Crippen LogP contribution in [-0.2, 0) is 27.3 Å². The molecule has 6 heteroatoms. The highest BCUT2D eigenvalue weighted by molar-refractivity contribution is 5.81. The van der Waals surface area contributed by atoms with Gasteiger partial charge in [-0.2, -0.15) is 0 Å². The lowest BCUT2D eigenvalue weighted by molar-refractivity contribution is -0.147. The zero-order chi connectivity index (χ0) is 21.3. The van der Waals surface area contributed by atoms with Gasteiger partial charge in [0.1, 0.15) is 24.0 Å². The number of esters is 1. The van der Waals surface area contributed by atoms with Crippen LogP contribution in [0.2, 0.25) is 0 Å². The molecule has 2 aromatic rings. The van der Waals surface area contributed by atoms with E-state index in [0.29, 0.717) is 12.8 Å². The van der Waals surface area contributed by atoms with Crippen molar-refractivity contribution in [3.63, 3.8) is 0 Å². The number of benzene rings is 2. The molecular formula is C23H29NO5. The quantitative estimate of drug-likeness (QED) is 0.671. The summed E-state index contributed by atoms with van der Waals surface area (Å²) >= 11 is 0. The van der Waals surface area contributed by atoms with E-state index in [4.69, 9.17) is 14.2 Å². The SMILES string of the molecule is COc1ccc(CC[C@H](NC(=O)OC(C)(C)C)C(=O)OCc2ccccc2)cc1. The van der Waals surface area contributed by atoms with Crippen LogP contribution in [0.3, 0.4) is 0 Å². The van der Waals surface area contributed by atoms with Gasteiger partial charge in [-0.3, -0.25) is 0 Å². The second-order valence-electron chi connectivity index (χ2n) is 7.68. The molecule has 2 rings (SSSR count). The third-order valence-electron chi connectivity index (χ3n) is 4.08. The van der Waals surface area contributed by atoms with Crippen LogP contribution in [0.5, 0.6) is 5.75 Å². The summed E-state index contributed by atoms with van der Waals surface area (Å²) in [7, 11) is 1.61. The first-order valence-corrected chi connectivity index (χ1v) is 9.60. The molecule has 0 aliphatic heterocycles. The molecule has 0 heterocycles. The highest BCUT2D eigenvalue weighted by atomic mass is 16.6. The van der Waals surface area contributed by atoms with Gasteiger partial charge in [-0.25, -0.2) is 9.59 Å². The van der Waals surface area contributed by atoms with Crippen molar-refractivity contribution in [1.82, 2.24) is 5.32 Å². The average molecular weight is 399 g/mol. The Hall–Kier alpha value is -3.02. The van der Waals surface area contributed by atoms with Gasteiger partial charge < -0.3 is 19.5 Å². The topological polar surface area (TPSA) is 73.9 Å². The fourth-order valence-corrected chi connectivity index (χ4v) is 2.63. The van der Waals surface area contributed by atoms with E-state index in [1.165, 1.54) is 0 Å². The number of ether oxygens (including phenoxy) is 3. The number of amides is 1. The molecule has 1 amide bonds. The molecule has 0 saturated heterocycles. The third kappa shape index (κ3) is 8.25. The Morgan fingerprint density at radius 1 is 0.966 bits per heavy atom. The minimum absolute atomic E-state index is 0.148. The molecule has 6 nitrogen and oxygen atoms in total. The van der Waals surface area contributed by atoms with Gasteiger partial charge in [0.25, 0.3) is 0 Å². The van der Waals surface area contributed by atoms with E-state index in [-0.39, 0.29) is 6.61 Å². The Kier molecular flexibility index (Phi) is 8.07. The van der Waals surface area contributed by atoms with Crippen LogP contribution in [0.4, 0.5) is 4.79 Å². The highest BCUT2D eigenvalue weighted by Gasteiger charge is 2.25. The van der Waals surface area contributed by atoms with Crippen LogP contribution in [0.15, 0.2) is 54.6 Å². The zero-order valence-electron chi connectivity index (χ0n) is 17.4. The van der Waals surface area contributed by atoms with Crippen molar-refractivity contribution >= 4 is 12.1 Å². The van der Waals surface area contributed by atoms with Gasteiger partial charge in [-0.15, -0.1) is 0 Å². The number of hydrogen-bond donors (Lipinski definition) is 1. The van der Waals surface area contributed by atoms with Crippen molar-refractivity contribution in [2.75, 3.05) is 7.11 Å². The number of rotatable bonds is 8. The molecule has 156 valence electrons. The first-order valence-electron chi connectivity index (χ1n) is 9.60. The number of hydrogen-bond acceptors (Lipinski definition) is 5. The van der Waals surface area contributed by atoms with E-state index < -0.39 is 23.7 Å². The minimum Gasteiger partial charge on any atom is -0.497 e. The van der Waals surface area contributed by atoms with Crippen LogP contribution >= 0.6 is 0 Å². The van der Waals surface area contributed by atoms with Crippen molar-refractivity contribution in [3.05, 3.63) is 65.7 Å². The maximum absolute atomic E-state index is 12.6. The van der Waals surface area contributed by atoms with Crippen molar-refractivity contribution in [3.8, 4) is 5.75 Å². The zero-order valence-corrected chi connectivity index (χ0v) is 17.4. The number of aryl methyl sites for hydroxylation is 1. The van der Waals surface area contributed by atoms with Crippen molar-refractivity contribution in [2.24, 2.45) is 0 Å². The van der Waals surface area contributed by atoms with E-state index in [2.05, 4.69) is 5.32 Å². The summed E-state index contributed by atoms with van der Waals surface area (Å²) in [6.45, 7) is 5.46. The summed E-state index contributed by atoms with van der Waals surface area (Å²) in [6, 6.07) is 16.2. The summed E-state index contributed by atoms with van der Waals surface area (Å²) in [5.41, 5.74) is 1.25. The first-order chi connectivity index (χ1) is 13.8. The number of nitrogens with one attached hydrogen (secondary N) is 1. The molecule has 0 aliphatic rings. The van der Waals surface area contributed by atoms with Gasteiger partial charge in [-0.1, -0.05) is 42.5 Å². The monoisotopic (exact) mass is 399 g/mol. The van der Waals surface area contributed by atoms with E-state index in [9.17, 15) is 9.59 Å². The van der Waals surface area contributed by atoms with E-state index in [1.54, 1.807) is 27.9 Å². The molecule has 0 radical (unpaired) electrons. The Bertz CT molecular complexity index is 781. The number of alkyl carbamates (subject to hydrolysis) is 1. The lowest BCUT2D eigenvalue weighted by atomic mass is 10.1. The van der Waals surface area contributed by atoms with Crippen LogP contribution in [0, 0.1) is 0 Å². The van der Waals surface area contributed by atoms with Crippen LogP contribution in [-0.4, -0.2) is 30.8 Å². The van der Waals surface area contributed by atoms with Gasteiger partial charge in [0.15, 0.2) is 0 Å². The summed E-state index contributed by atoms with van der Waals surface area (Å²) in [5, 5.41) is 2.64. The molecule has 1 atom stereocenters. The van der Waals surface area contributed by atoms with Gasteiger partial charge in [0, 0.05) is 0 Å². The molecule has 0 aliphatic carbocycles. The third-order valence-corrected chi connectivity index (χ3v) is 4.08. The molecule has 1 N–H and O–H groups in total. The summed E-state index contributed by atoms with van der Waals surface area (Å²) in [4.78, 5) is 24.8. The fraction of sp³-hybridized carbons (Fsp3) is 0.391. The number of carbonyl (C=O) groups excluding carboxylic acids is 2. The Morgan fingerprint density at radius 3 is 2.21 bits per heavy atom. The fourth-order valence-electron chi connectivity index (χ4n) is 2.63.